The second-order valence-corrected chi connectivity index (χ2v) is 9.85. The molecule has 5 rings (SSSR count). The normalized spacial score (nSPS) is 10.9. The molecule has 0 fully saturated rings. The minimum absolute atomic E-state index is 0.616. The molecule has 0 radical (unpaired) electrons. The number of nitrogens with zero attached hydrogens (tertiary/aromatic N) is 4. The van der Waals surface area contributed by atoms with Gasteiger partial charge in [0.15, 0.2) is 10.8 Å². The molecule has 0 spiro atoms. The molecule has 0 aliphatic carbocycles. The zero-order chi connectivity index (χ0) is 24.0. The van der Waals surface area contributed by atoms with Crippen molar-refractivity contribution in [2.24, 2.45) is 0 Å². The predicted molar refractivity (Wildman–Crippen MR) is 143 cm³/mol. The van der Waals surface area contributed by atoms with Gasteiger partial charge in [0.25, 0.3) is 0 Å². The number of anilines is 2. The lowest BCUT2D eigenvalue weighted by Gasteiger charge is -2.14. The summed E-state index contributed by atoms with van der Waals surface area (Å²) in [5.74, 6) is 2.32. The molecule has 0 amide bonds. The molecule has 0 bridgehead atoms. The Labute approximate surface area is 212 Å². The minimum Gasteiger partial charge on any atom is -0.497 e. The fourth-order valence-corrected chi connectivity index (χ4v) is 5.10. The van der Waals surface area contributed by atoms with Gasteiger partial charge in [-0.2, -0.15) is 0 Å². The van der Waals surface area contributed by atoms with Gasteiger partial charge in [-0.15, -0.1) is 0 Å². The summed E-state index contributed by atoms with van der Waals surface area (Å²) in [7, 11) is 1.67. The summed E-state index contributed by atoms with van der Waals surface area (Å²) in [6, 6.07) is 24.7. The Morgan fingerprint density at radius 3 is 2.54 bits per heavy atom. The van der Waals surface area contributed by atoms with Crippen molar-refractivity contribution in [3.63, 3.8) is 0 Å². The van der Waals surface area contributed by atoms with E-state index in [1.165, 1.54) is 11.9 Å². The van der Waals surface area contributed by atoms with Crippen LogP contribution in [0.2, 0.25) is 0 Å². The van der Waals surface area contributed by atoms with E-state index in [9.17, 15) is 0 Å². The summed E-state index contributed by atoms with van der Waals surface area (Å²) in [6.45, 7) is 2.07. The van der Waals surface area contributed by atoms with Gasteiger partial charge in [-0.3, -0.25) is 0 Å². The van der Waals surface area contributed by atoms with E-state index in [-0.39, 0.29) is 0 Å². The SMILES string of the molecule is COc1ccc(Sc2ccc(C)cc2Nc2ncnc3nc(SCc4ccccc4)ncc23)cc1. The molecule has 0 unspecified atom stereocenters. The lowest BCUT2D eigenvalue weighted by Crippen LogP contribution is -2.00. The number of hydrogen-bond acceptors (Lipinski definition) is 8. The van der Waals surface area contributed by atoms with E-state index in [1.54, 1.807) is 36.8 Å². The molecular weight excluding hydrogens is 474 g/mol. The maximum Gasteiger partial charge on any atom is 0.189 e. The number of aromatic nitrogens is 4. The van der Waals surface area contributed by atoms with Gasteiger partial charge < -0.3 is 10.1 Å². The Morgan fingerprint density at radius 1 is 0.914 bits per heavy atom. The predicted octanol–water partition coefficient (Wildman–Crippen LogP) is 6.92. The monoisotopic (exact) mass is 497 g/mol. The Bertz CT molecular complexity index is 1450. The highest BCUT2D eigenvalue weighted by molar-refractivity contribution is 7.99. The second-order valence-electron chi connectivity index (χ2n) is 7.79. The number of methoxy groups -OCH3 is 1. The molecule has 5 aromatic rings. The summed E-state index contributed by atoms with van der Waals surface area (Å²) in [4.78, 5) is 20.3. The molecule has 0 saturated carbocycles. The van der Waals surface area contributed by atoms with Crippen molar-refractivity contribution in [1.29, 1.82) is 0 Å². The van der Waals surface area contributed by atoms with Gasteiger partial charge in [0.1, 0.15) is 17.9 Å². The van der Waals surface area contributed by atoms with E-state index in [0.29, 0.717) is 16.6 Å². The van der Waals surface area contributed by atoms with Crippen LogP contribution < -0.4 is 10.1 Å². The van der Waals surface area contributed by atoms with Gasteiger partial charge in [-0.25, -0.2) is 19.9 Å². The standard InChI is InChI=1S/C27H23N5OS2/c1-18-8-13-24(35-21-11-9-20(33-2)10-12-21)23(14-18)31-25-22-15-28-27(32-26(22)30-17-29-25)34-16-19-6-4-3-5-7-19/h3-15,17H,16H2,1-2H3,(H,28,29,30,31,32). The highest BCUT2D eigenvalue weighted by Gasteiger charge is 2.12. The number of thioether (sulfide) groups is 1. The molecule has 0 atom stereocenters. The fraction of sp³-hybridized carbons (Fsp3) is 0.111. The van der Waals surface area contributed by atoms with Gasteiger partial charge in [0.05, 0.1) is 18.2 Å². The average Bonchev–Trinajstić information content (AvgIpc) is 2.90. The molecule has 6 nitrogen and oxygen atoms in total. The van der Waals surface area contributed by atoms with Crippen LogP contribution in [0.5, 0.6) is 5.75 Å². The first-order valence-corrected chi connectivity index (χ1v) is 12.8. The van der Waals surface area contributed by atoms with Crippen LogP contribution in [0.25, 0.3) is 11.0 Å². The summed E-state index contributed by atoms with van der Waals surface area (Å²) in [5, 5.41) is 4.96. The van der Waals surface area contributed by atoms with Crippen molar-refractivity contribution in [2.75, 3.05) is 12.4 Å². The third-order valence-electron chi connectivity index (χ3n) is 5.25. The minimum atomic E-state index is 0.616. The maximum atomic E-state index is 5.28. The molecule has 2 heterocycles. The van der Waals surface area contributed by atoms with Crippen LogP contribution in [0, 0.1) is 6.92 Å². The highest BCUT2D eigenvalue weighted by Crippen LogP contribution is 2.36. The van der Waals surface area contributed by atoms with Crippen molar-refractivity contribution in [2.45, 2.75) is 27.6 Å². The molecular formula is C27H23N5OS2. The van der Waals surface area contributed by atoms with Crippen LogP contribution >= 0.6 is 23.5 Å². The Balaban J connectivity index is 1.39. The number of fused-ring (bicyclic) bond motifs is 1. The quantitative estimate of drug-likeness (QED) is 0.183. The van der Waals surface area contributed by atoms with E-state index in [2.05, 4.69) is 74.6 Å². The lowest BCUT2D eigenvalue weighted by atomic mass is 10.2. The van der Waals surface area contributed by atoms with E-state index < -0.39 is 0 Å². The van der Waals surface area contributed by atoms with Crippen molar-refractivity contribution in [1.82, 2.24) is 19.9 Å². The number of benzene rings is 3. The first-order valence-electron chi connectivity index (χ1n) is 11.0. The number of hydrogen-bond donors (Lipinski definition) is 1. The fourth-order valence-electron chi connectivity index (χ4n) is 3.45. The third-order valence-corrected chi connectivity index (χ3v) is 7.27. The second kappa shape index (κ2) is 10.8. The number of rotatable bonds is 8. The summed E-state index contributed by atoms with van der Waals surface area (Å²) < 4.78 is 5.28. The lowest BCUT2D eigenvalue weighted by molar-refractivity contribution is 0.414. The van der Waals surface area contributed by atoms with Crippen molar-refractivity contribution in [3.8, 4) is 5.75 Å². The van der Waals surface area contributed by atoms with Gasteiger partial charge in [-0.1, -0.05) is 59.9 Å². The van der Waals surface area contributed by atoms with Crippen molar-refractivity contribution >= 4 is 46.1 Å². The molecule has 1 N–H and O–H groups in total. The van der Waals surface area contributed by atoms with Crippen LogP contribution in [0.15, 0.2) is 100 Å². The van der Waals surface area contributed by atoms with Crippen LogP contribution in [-0.2, 0) is 5.75 Å². The molecule has 0 saturated heterocycles. The molecule has 3 aromatic carbocycles. The largest absolute Gasteiger partial charge is 0.497 e. The molecule has 174 valence electrons. The van der Waals surface area contributed by atoms with Gasteiger partial charge >= 0.3 is 0 Å². The van der Waals surface area contributed by atoms with Crippen LogP contribution in [0.1, 0.15) is 11.1 Å². The van der Waals surface area contributed by atoms with E-state index in [1.807, 2.05) is 30.3 Å². The van der Waals surface area contributed by atoms with E-state index >= 15 is 0 Å². The topological polar surface area (TPSA) is 72.8 Å². The summed E-state index contributed by atoms with van der Waals surface area (Å²) in [5.41, 5.74) is 3.96. The van der Waals surface area contributed by atoms with E-state index in [4.69, 9.17) is 4.74 Å². The highest BCUT2D eigenvalue weighted by atomic mass is 32.2. The summed E-state index contributed by atoms with van der Waals surface area (Å²) in [6.07, 6.45) is 3.33. The Hall–Kier alpha value is -3.62. The molecule has 35 heavy (non-hydrogen) atoms. The molecule has 0 aliphatic heterocycles. The summed E-state index contributed by atoms with van der Waals surface area (Å²) >= 11 is 3.27. The van der Waals surface area contributed by atoms with Gasteiger partial charge in [0.2, 0.25) is 0 Å². The van der Waals surface area contributed by atoms with Crippen molar-refractivity contribution in [3.05, 3.63) is 96.4 Å². The van der Waals surface area contributed by atoms with Crippen LogP contribution in [0.4, 0.5) is 11.5 Å². The smallest absolute Gasteiger partial charge is 0.189 e. The molecule has 2 aromatic heterocycles. The Morgan fingerprint density at radius 2 is 1.74 bits per heavy atom. The first-order chi connectivity index (χ1) is 17.2. The Kier molecular flexibility index (Phi) is 7.11. The average molecular weight is 498 g/mol. The van der Waals surface area contributed by atoms with Crippen LogP contribution in [0.3, 0.4) is 0 Å². The zero-order valence-electron chi connectivity index (χ0n) is 19.3. The van der Waals surface area contributed by atoms with Crippen molar-refractivity contribution < 1.29 is 4.74 Å². The van der Waals surface area contributed by atoms with Gasteiger partial charge in [0, 0.05) is 21.7 Å². The first kappa shape index (κ1) is 23.1. The zero-order valence-corrected chi connectivity index (χ0v) is 20.9. The number of aryl methyl sites for hydroxylation is 1. The number of ether oxygens (including phenoxy) is 1. The van der Waals surface area contributed by atoms with Gasteiger partial charge in [-0.05, 0) is 54.4 Å². The van der Waals surface area contributed by atoms with E-state index in [0.717, 1.165) is 37.9 Å². The molecule has 8 heteroatoms. The molecule has 0 aliphatic rings. The van der Waals surface area contributed by atoms with Crippen LogP contribution in [-0.4, -0.2) is 27.0 Å². The number of nitrogens with one attached hydrogen (secondary N) is 1. The maximum absolute atomic E-state index is 5.28. The third kappa shape index (κ3) is 5.72.